The number of hydrazine groups is 2. The number of phenolic OH excluding ortho intramolecular Hbond substituents is 1. The topological polar surface area (TPSA) is 123 Å². The van der Waals surface area contributed by atoms with Crippen LogP contribution in [0.25, 0.3) is 22.0 Å². The third-order valence-corrected chi connectivity index (χ3v) is 11.1. The summed E-state index contributed by atoms with van der Waals surface area (Å²) in [6.45, 7) is 5.58. The Balaban J connectivity index is 1.10. The molecule has 3 amide bonds. The van der Waals surface area contributed by atoms with Crippen molar-refractivity contribution in [2.24, 2.45) is 7.05 Å². The van der Waals surface area contributed by atoms with Gasteiger partial charge in [-0.3, -0.25) is 14.4 Å². The summed E-state index contributed by atoms with van der Waals surface area (Å²) < 4.78 is 7.38. The molecule has 3 N–H and O–H groups in total. The fourth-order valence-electron chi connectivity index (χ4n) is 8.23. The van der Waals surface area contributed by atoms with Crippen LogP contribution in [0.3, 0.4) is 0 Å². The van der Waals surface area contributed by atoms with Crippen molar-refractivity contribution < 1.29 is 24.2 Å². The molecule has 12 heteroatoms. The second-order valence-corrected chi connectivity index (χ2v) is 14.9. The van der Waals surface area contributed by atoms with Gasteiger partial charge in [-0.05, 0) is 58.7 Å². The van der Waals surface area contributed by atoms with E-state index in [0.29, 0.717) is 36.6 Å². The SMILES string of the molecule is C=CCN1CC(=O)N2[C@@H](Cc3ccc(O)cc3)C(=O)N(Cc3cccc4c(-c5ccc(C(=O)Nc6cccc(OC)c6)cc5)cn(C)c34)C[C@@H]2N1NCc1ccccc1. The Morgan fingerprint density at radius 1 is 0.915 bits per heavy atom. The van der Waals surface area contributed by atoms with Gasteiger partial charge < -0.3 is 29.5 Å². The number of piperazine rings is 1. The second-order valence-electron chi connectivity index (χ2n) is 14.9. The number of methoxy groups -OCH3 is 1. The number of benzene rings is 5. The molecule has 0 aliphatic carbocycles. The summed E-state index contributed by atoms with van der Waals surface area (Å²) in [5, 5.41) is 17.9. The molecule has 2 fully saturated rings. The maximum absolute atomic E-state index is 14.7. The molecule has 12 nitrogen and oxygen atoms in total. The number of para-hydroxylation sites is 1. The van der Waals surface area contributed by atoms with E-state index in [9.17, 15) is 19.5 Å². The lowest BCUT2D eigenvalue weighted by atomic mass is 9.98. The molecular weight excluding hydrogens is 743 g/mol. The number of hydrogen-bond donors (Lipinski definition) is 3. The first-order valence-corrected chi connectivity index (χ1v) is 19.6. The Morgan fingerprint density at radius 2 is 1.68 bits per heavy atom. The molecule has 2 aliphatic heterocycles. The van der Waals surface area contributed by atoms with E-state index in [0.717, 1.165) is 38.7 Å². The highest BCUT2D eigenvalue weighted by Crippen LogP contribution is 2.35. The number of amides is 3. The Labute approximate surface area is 343 Å². The average molecular weight is 790 g/mol. The van der Waals surface area contributed by atoms with Crippen LogP contribution < -0.4 is 15.5 Å². The molecule has 1 aromatic heterocycles. The minimum absolute atomic E-state index is 0.0863. The van der Waals surface area contributed by atoms with Gasteiger partial charge in [0.15, 0.2) is 0 Å². The van der Waals surface area contributed by atoms with Crippen LogP contribution in [0.2, 0.25) is 0 Å². The molecule has 2 aliphatic rings. The zero-order valence-corrected chi connectivity index (χ0v) is 33.1. The van der Waals surface area contributed by atoms with Crippen LogP contribution in [-0.4, -0.2) is 86.3 Å². The highest BCUT2D eigenvalue weighted by atomic mass is 16.5. The standard InChI is InChI=1S/C47H47N7O5/c1-4-24-52-31-44(56)53-42(25-32-16-22-38(55)23-17-32)47(58)51(30-43(53)54(52)48-27-33-10-6-5-7-11-33)28-36-12-8-15-40-41(29-50(2)45(36)40)34-18-20-35(21-19-34)46(57)49-37-13-9-14-39(26-37)59-3/h4-23,26,29,42-43,48,55H,1,24-25,27-28,30-31H2,2-3H3,(H,49,57)/t42-,43-/m0/s1. The summed E-state index contributed by atoms with van der Waals surface area (Å²) in [6, 6.07) is 37.0. The van der Waals surface area contributed by atoms with E-state index in [1.165, 1.54) is 0 Å². The number of aromatic hydroxyl groups is 1. The highest BCUT2D eigenvalue weighted by molar-refractivity contribution is 6.05. The van der Waals surface area contributed by atoms with Crippen LogP contribution in [-0.2, 0) is 36.1 Å². The van der Waals surface area contributed by atoms with Crippen LogP contribution in [0, 0.1) is 0 Å². The Morgan fingerprint density at radius 3 is 2.42 bits per heavy atom. The maximum atomic E-state index is 14.7. The first kappa shape index (κ1) is 39.1. The van der Waals surface area contributed by atoms with E-state index >= 15 is 0 Å². The van der Waals surface area contributed by atoms with Gasteiger partial charge in [0, 0.05) is 67.6 Å². The van der Waals surface area contributed by atoms with Crippen molar-refractivity contribution in [3.8, 4) is 22.6 Å². The number of nitrogens with zero attached hydrogens (tertiary/aromatic N) is 5. The Kier molecular flexibility index (Phi) is 11.3. The van der Waals surface area contributed by atoms with E-state index in [1.54, 1.807) is 48.4 Å². The fraction of sp³-hybridized carbons (Fsp3) is 0.213. The molecule has 6 aromatic rings. The molecule has 59 heavy (non-hydrogen) atoms. The molecule has 2 saturated heterocycles. The number of phenols is 1. The number of aromatic nitrogens is 1. The number of hydrogen-bond acceptors (Lipinski definition) is 8. The minimum Gasteiger partial charge on any atom is -0.508 e. The number of rotatable bonds is 13. The number of ether oxygens (including phenoxy) is 1. The monoisotopic (exact) mass is 789 g/mol. The first-order valence-electron chi connectivity index (χ1n) is 19.6. The predicted molar refractivity (Wildman–Crippen MR) is 228 cm³/mol. The van der Waals surface area contributed by atoms with Gasteiger partial charge in [-0.1, -0.05) is 84.9 Å². The molecule has 8 rings (SSSR count). The number of fused-ring (bicyclic) bond motifs is 2. The normalized spacial score (nSPS) is 17.3. The number of nitrogens with one attached hydrogen (secondary N) is 2. The van der Waals surface area contributed by atoms with Crippen LogP contribution in [0.4, 0.5) is 5.69 Å². The van der Waals surface area contributed by atoms with Crippen LogP contribution in [0.15, 0.2) is 140 Å². The van der Waals surface area contributed by atoms with Crippen molar-refractivity contribution in [3.63, 3.8) is 0 Å². The number of aryl methyl sites for hydroxylation is 1. The largest absolute Gasteiger partial charge is 0.508 e. The van der Waals surface area contributed by atoms with E-state index in [1.807, 2.05) is 107 Å². The molecule has 0 spiro atoms. The lowest BCUT2D eigenvalue weighted by molar-refractivity contribution is -0.217. The van der Waals surface area contributed by atoms with Gasteiger partial charge in [0.25, 0.3) is 5.91 Å². The summed E-state index contributed by atoms with van der Waals surface area (Å²) in [5.41, 5.74) is 10.6. The summed E-state index contributed by atoms with van der Waals surface area (Å²) in [5.74, 6) is 0.293. The third kappa shape index (κ3) is 8.19. The van der Waals surface area contributed by atoms with Crippen molar-refractivity contribution in [1.29, 1.82) is 0 Å². The van der Waals surface area contributed by atoms with Crippen molar-refractivity contribution in [2.45, 2.75) is 31.7 Å². The average Bonchev–Trinajstić information content (AvgIpc) is 3.60. The number of carbonyl (C=O) groups is 3. The van der Waals surface area contributed by atoms with Crippen molar-refractivity contribution in [1.82, 2.24) is 29.9 Å². The summed E-state index contributed by atoms with van der Waals surface area (Å²) in [6.07, 6.45) is 3.63. The van der Waals surface area contributed by atoms with Gasteiger partial charge >= 0.3 is 0 Å². The van der Waals surface area contributed by atoms with Gasteiger partial charge in [-0.2, -0.15) is 5.12 Å². The number of anilines is 1. The third-order valence-electron chi connectivity index (χ3n) is 11.1. The minimum atomic E-state index is -0.777. The molecule has 300 valence electrons. The van der Waals surface area contributed by atoms with Crippen LogP contribution in [0.1, 0.15) is 27.0 Å². The van der Waals surface area contributed by atoms with Crippen molar-refractivity contribution in [2.75, 3.05) is 32.1 Å². The van der Waals surface area contributed by atoms with Gasteiger partial charge in [-0.15, -0.1) is 6.58 Å². The van der Waals surface area contributed by atoms with Gasteiger partial charge in [0.2, 0.25) is 11.8 Å². The quantitative estimate of drug-likeness (QED) is 0.116. The zero-order valence-electron chi connectivity index (χ0n) is 33.1. The second kappa shape index (κ2) is 17.0. The zero-order chi connectivity index (χ0) is 41.0. The summed E-state index contributed by atoms with van der Waals surface area (Å²) in [7, 11) is 3.59. The van der Waals surface area contributed by atoms with Gasteiger partial charge in [-0.25, -0.2) is 10.4 Å². The maximum Gasteiger partial charge on any atom is 0.255 e. The van der Waals surface area contributed by atoms with Crippen LogP contribution >= 0.6 is 0 Å². The van der Waals surface area contributed by atoms with Gasteiger partial charge in [0.1, 0.15) is 23.7 Å². The highest BCUT2D eigenvalue weighted by Gasteiger charge is 2.50. The smallest absolute Gasteiger partial charge is 0.255 e. The van der Waals surface area contributed by atoms with E-state index in [4.69, 9.17) is 4.74 Å². The molecular formula is C47H47N7O5. The molecule has 2 atom stereocenters. The van der Waals surface area contributed by atoms with Crippen LogP contribution in [0.5, 0.6) is 11.5 Å². The molecule has 0 unspecified atom stereocenters. The fourth-order valence-corrected chi connectivity index (χ4v) is 8.23. The van der Waals surface area contributed by atoms with E-state index in [2.05, 4.69) is 34.2 Å². The Bertz CT molecular complexity index is 2490. The summed E-state index contributed by atoms with van der Waals surface area (Å²) in [4.78, 5) is 45.5. The van der Waals surface area contributed by atoms with Gasteiger partial charge in [0.05, 0.1) is 25.7 Å². The molecule has 3 heterocycles. The first-order chi connectivity index (χ1) is 28.7. The summed E-state index contributed by atoms with van der Waals surface area (Å²) >= 11 is 0. The van der Waals surface area contributed by atoms with Crippen molar-refractivity contribution in [3.05, 3.63) is 162 Å². The molecule has 5 aromatic carbocycles. The van der Waals surface area contributed by atoms with E-state index < -0.39 is 12.2 Å². The lowest BCUT2D eigenvalue weighted by Crippen LogP contribution is -2.77. The lowest BCUT2D eigenvalue weighted by Gasteiger charge is -2.55. The molecule has 0 radical (unpaired) electrons. The predicted octanol–water partition coefficient (Wildman–Crippen LogP) is 6.34. The molecule has 0 bridgehead atoms. The number of carbonyl (C=O) groups excluding carboxylic acids is 3. The Hall–Kier alpha value is -6.73. The van der Waals surface area contributed by atoms with E-state index in [-0.39, 0.29) is 43.0 Å². The molecule has 0 saturated carbocycles. The van der Waals surface area contributed by atoms with Crippen molar-refractivity contribution >= 4 is 34.3 Å².